The van der Waals surface area contributed by atoms with E-state index in [2.05, 4.69) is 64.5 Å². The molecule has 162 valence electrons. The van der Waals surface area contributed by atoms with Gasteiger partial charge in [0.25, 0.3) is 5.56 Å². The van der Waals surface area contributed by atoms with Gasteiger partial charge in [0.2, 0.25) is 0 Å². The number of aromatic nitrogens is 2. The van der Waals surface area contributed by atoms with Crippen molar-refractivity contribution < 1.29 is 9.47 Å². The van der Waals surface area contributed by atoms with E-state index in [1.54, 1.807) is 18.4 Å². The number of ether oxygens (including phenoxy) is 2. The van der Waals surface area contributed by atoms with Gasteiger partial charge in [-0.25, -0.2) is 4.98 Å². The summed E-state index contributed by atoms with van der Waals surface area (Å²) in [6.07, 6.45) is 3.82. The summed E-state index contributed by atoms with van der Waals surface area (Å²) in [5.41, 5.74) is 1.12. The molecule has 6 nitrogen and oxygen atoms in total. The molecule has 0 fully saturated rings. The van der Waals surface area contributed by atoms with Crippen LogP contribution in [0.3, 0.4) is 0 Å². The average Bonchev–Trinajstić information content (AvgIpc) is 2.76. The Bertz CT molecular complexity index is 1220. The van der Waals surface area contributed by atoms with Crippen LogP contribution in [-0.2, 0) is 6.42 Å². The van der Waals surface area contributed by atoms with Crippen LogP contribution in [0.2, 0.25) is 0 Å². The summed E-state index contributed by atoms with van der Waals surface area (Å²) >= 11 is 10.5. The van der Waals surface area contributed by atoms with E-state index in [1.807, 2.05) is 32.0 Å². The Labute approximate surface area is 205 Å². The first-order valence-electron chi connectivity index (χ1n) is 9.55. The van der Waals surface area contributed by atoms with Crippen molar-refractivity contribution in [1.29, 1.82) is 0 Å². The highest BCUT2D eigenvalue weighted by atomic mass is 79.9. The summed E-state index contributed by atoms with van der Waals surface area (Å²) in [5, 5.41) is 4.95. The Morgan fingerprint density at radius 3 is 2.61 bits per heavy atom. The first-order chi connectivity index (χ1) is 14.9. The number of nitrogens with zero attached hydrogens (tertiary/aromatic N) is 3. The first-order valence-corrected chi connectivity index (χ1v) is 11.9. The second kappa shape index (κ2) is 10.6. The number of hydrogen-bond acceptors (Lipinski definition) is 5. The van der Waals surface area contributed by atoms with Gasteiger partial charge < -0.3 is 9.47 Å². The van der Waals surface area contributed by atoms with Crippen LogP contribution < -0.4 is 15.0 Å². The second-order valence-corrected chi connectivity index (χ2v) is 8.86. The molecule has 0 saturated heterocycles. The van der Waals surface area contributed by atoms with Crippen molar-refractivity contribution in [1.82, 2.24) is 9.66 Å². The number of hydrogen-bond donors (Lipinski definition) is 0. The topological polar surface area (TPSA) is 65.7 Å². The van der Waals surface area contributed by atoms with Crippen LogP contribution in [0, 0.1) is 0 Å². The maximum absolute atomic E-state index is 13.1. The number of halogens is 3. The molecule has 0 aliphatic heterocycles. The van der Waals surface area contributed by atoms with E-state index in [1.165, 1.54) is 4.68 Å². The lowest BCUT2D eigenvalue weighted by Crippen LogP contribution is -2.22. The lowest BCUT2D eigenvalue weighted by molar-refractivity contribution is 0.295. The Morgan fingerprint density at radius 2 is 1.94 bits per heavy atom. The van der Waals surface area contributed by atoms with E-state index < -0.39 is 0 Å². The summed E-state index contributed by atoms with van der Waals surface area (Å²) in [7, 11) is 0. The van der Waals surface area contributed by atoms with E-state index in [0.29, 0.717) is 57.9 Å². The van der Waals surface area contributed by atoms with E-state index in [4.69, 9.17) is 9.47 Å². The quantitative estimate of drug-likeness (QED) is 0.228. The molecule has 1 heterocycles. The zero-order valence-electron chi connectivity index (χ0n) is 17.0. The van der Waals surface area contributed by atoms with E-state index >= 15 is 0 Å². The van der Waals surface area contributed by atoms with Crippen molar-refractivity contribution in [2.75, 3.05) is 13.2 Å². The molecular weight excluding hydrogens is 594 g/mol. The molecule has 0 unspecified atom stereocenters. The van der Waals surface area contributed by atoms with Gasteiger partial charge in [0.15, 0.2) is 11.5 Å². The van der Waals surface area contributed by atoms with Crippen LogP contribution in [0.1, 0.15) is 25.2 Å². The Balaban J connectivity index is 2.13. The van der Waals surface area contributed by atoms with Crippen LogP contribution in [0.4, 0.5) is 0 Å². The van der Waals surface area contributed by atoms with Gasteiger partial charge >= 0.3 is 0 Å². The van der Waals surface area contributed by atoms with Crippen LogP contribution in [0.25, 0.3) is 10.9 Å². The van der Waals surface area contributed by atoms with Crippen LogP contribution in [0.15, 0.2) is 60.2 Å². The Hall–Kier alpha value is -1.97. The molecular formula is C22H20Br3N3O3. The third-order valence-electron chi connectivity index (χ3n) is 4.31. The predicted octanol–water partition coefficient (Wildman–Crippen LogP) is 6.09. The maximum Gasteiger partial charge on any atom is 0.282 e. The molecule has 0 saturated carbocycles. The van der Waals surface area contributed by atoms with Crippen molar-refractivity contribution in [3.63, 3.8) is 0 Å². The summed E-state index contributed by atoms with van der Waals surface area (Å²) < 4.78 is 15.0. The normalized spacial score (nSPS) is 11.3. The summed E-state index contributed by atoms with van der Waals surface area (Å²) in [5.74, 6) is 1.70. The minimum Gasteiger partial charge on any atom is -0.490 e. The van der Waals surface area contributed by atoms with Gasteiger partial charge in [-0.1, -0.05) is 35.5 Å². The summed E-state index contributed by atoms with van der Waals surface area (Å²) in [4.78, 5) is 17.7. The Morgan fingerprint density at radius 1 is 1.16 bits per heavy atom. The highest BCUT2D eigenvalue weighted by Gasteiger charge is 2.17. The molecule has 1 aromatic heterocycles. The fourth-order valence-electron chi connectivity index (χ4n) is 2.90. The highest BCUT2D eigenvalue weighted by molar-refractivity contribution is 9.13. The largest absolute Gasteiger partial charge is 0.490 e. The molecule has 0 atom stereocenters. The molecule has 0 N–H and O–H groups in total. The predicted molar refractivity (Wildman–Crippen MR) is 135 cm³/mol. The number of fused-ring (bicyclic) bond motifs is 1. The fourth-order valence-corrected chi connectivity index (χ4v) is 4.20. The molecule has 0 amide bonds. The molecule has 9 heteroatoms. The van der Waals surface area contributed by atoms with Crippen molar-refractivity contribution in [2.24, 2.45) is 5.10 Å². The maximum atomic E-state index is 13.1. The second-order valence-electron chi connectivity index (χ2n) is 6.36. The van der Waals surface area contributed by atoms with Crippen LogP contribution in [-0.4, -0.2) is 29.1 Å². The number of rotatable bonds is 8. The third kappa shape index (κ3) is 5.10. The highest BCUT2D eigenvalue weighted by Crippen LogP contribution is 2.42. The van der Waals surface area contributed by atoms with Gasteiger partial charge in [-0.2, -0.15) is 9.78 Å². The van der Waals surface area contributed by atoms with E-state index in [-0.39, 0.29) is 5.56 Å². The zero-order valence-corrected chi connectivity index (χ0v) is 21.8. The van der Waals surface area contributed by atoms with E-state index in [9.17, 15) is 4.79 Å². The molecule has 0 radical (unpaired) electrons. The van der Waals surface area contributed by atoms with Crippen molar-refractivity contribution in [3.05, 3.63) is 72.1 Å². The zero-order chi connectivity index (χ0) is 22.5. The molecule has 3 rings (SSSR count). The molecule has 0 spiro atoms. The molecule has 2 aromatic carbocycles. The lowest BCUT2D eigenvalue weighted by Gasteiger charge is -2.15. The number of aryl methyl sites for hydroxylation is 1. The SMILES string of the molecule is C=CCOc1c(OCC)cc(C=Nn2c(CC)nc3ccc(Br)cc3c2=O)c(Br)c1Br. The monoisotopic (exact) mass is 611 g/mol. The van der Waals surface area contributed by atoms with Gasteiger partial charge in [0.1, 0.15) is 12.4 Å². The minimum atomic E-state index is -0.231. The van der Waals surface area contributed by atoms with Crippen molar-refractivity contribution in [3.8, 4) is 11.5 Å². The summed E-state index contributed by atoms with van der Waals surface area (Å²) in [6, 6.07) is 7.24. The molecule has 31 heavy (non-hydrogen) atoms. The average molecular weight is 614 g/mol. The van der Waals surface area contributed by atoms with Gasteiger partial charge in [0.05, 0.1) is 28.2 Å². The summed E-state index contributed by atoms with van der Waals surface area (Å²) in [6.45, 7) is 8.32. The molecule has 0 bridgehead atoms. The molecule has 0 aliphatic carbocycles. The van der Waals surface area contributed by atoms with Crippen LogP contribution in [0.5, 0.6) is 11.5 Å². The standard InChI is InChI=1S/C22H20Br3N3O3/c1-4-9-31-21-17(30-6-3)10-13(19(24)20(21)25)12-26-28-18(5-2)27-16-8-7-14(23)11-15(16)22(28)29/h4,7-8,10-12H,1,5-6,9H2,2-3H3. The van der Waals surface area contributed by atoms with E-state index in [0.717, 1.165) is 8.95 Å². The molecule has 3 aromatic rings. The van der Waals surface area contributed by atoms with Gasteiger partial charge in [-0.15, -0.1) is 0 Å². The fraction of sp³-hybridized carbons (Fsp3) is 0.227. The van der Waals surface area contributed by atoms with Gasteiger partial charge in [-0.3, -0.25) is 4.79 Å². The lowest BCUT2D eigenvalue weighted by atomic mass is 10.2. The smallest absolute Gasteiger partial charge is 0.282 e. The molecule has 0 aliphatic rings. The number of benzene rings is 2. The van der Waals surface area contributed by atoms with Crippen molar-refractivity contribution in [2.45, 2.75) is 20.3 Å². The van der Waals surface area contributed by atoms with Gasteiger partial charge in [0, 0.05) is 20.9 Å². The first kappa shape index (κ1) is 23.7. The van der Waals surface area contributed by atoms with Crippen molar-refractivity contribution >= 4 is 64.9 Å². The van der Waals surface area contributed by atoms with Gasteiger partial charge in [-0.05, 0) is 63.0 Å². The van der Waals surface area contributed by atoms with Crippen LogP contribution >= 0.6 is 47.8 Å². The third-order valence-corrected chi connectivity index (χ3v) is 6.94. The minimum absolute atomic E-state index is 0.231. The Kier molecular flexibility index (Phi) is 8.07.